The molecule has 0 amide bonds. The van der Waals surface area contributed by atoms with Crippen molar-refractivity contribution >= 4 is 24.9 Å². The Morgan fingerprint density at radius 3 is 2.48 bits per heavy atom. The minimum Gasteiger partial charge on any atom is -0.394 e. The Morgan fingerprint density at radius 1 is 1.05 bits per heavy atom. The summed E-state index contributed by atoms with van der Waals surface area (Å²) in [7, 11) is -5.10. The van der Waals surface area contributed by atoms with E-state index >= 15 is 0 Å². The first-order valence-corrected chi connectivity index (χ1v) is 13.0. The predicted octanol–water partition coefficient (Wildman–Crippen LogP) is -4.38. The van der Waals surface area contributed by atoms with Crippen LogP contribution < -0.4 is 22.5 Å². The van der Waals surface area contributed by atoms with Crippen molar-refractivity contribution < 1.29 is 48.4 Å². The number of aromatic nitrogens is 6. The highest BCUT2D eigenvalue weighted by molar-refractivity contribution is 7.47. The molecule has 0 radical (unpaired) electrons. The molecule has 9 atom stereocenters. The van der Waals surface area contributed by atoms with E-state index in [4.69, 9.17) is 24.3 Å². The third-order valence-corrected chi connectivity index (χ3v) is 7.32. The van der Waals surface area contributed by atoms with E-state index in [0.29, 0.717) is 0 Å². The van der Waals surface area contributed by atoms with Gasteiger partial charge in [0.15, 0.2) is 23.6 Å². The van der Waals surface area contributed by atoms with Crippen LogP contribution in [-0.2, 0) is 23.1 Å². The first-order valence-electron chi connectivity index (χ1n) is 11.6. The highest BCUT2D eigenvalue weighted by Crippen LogP contribution is 2.49. The molecule has 0 aromatic carbocycles. The maximum Gasteiger partial charge on any atom is 0.472 e. The second kappa shape index (κ2) is 10.6. The number of H-pyrrole nitrogens is 2. The van der Waals surface area contributed by atoms with E-state index in [9.17, 15) is 44.3 Å². The number of aliphatic hydroxyl groups is 4. The molecule has 40 heavy (non-hydrogen) atoms. The van der Waals surface area contributed by atoms with E-state index in [-0.39, 0.29) is 17.1 Å². The summed E-state index contributed by atoms with van der Waals surface area (Å²) in [5.41, 5.74) is 3.00. The SMILES string of the molecule is Nc1nc2c(ncn2C2OC(COP(=O)(O)OC3C(O)C(CO)OC3n3ccc(=O)[nH]c3=O)C(O)C2O)c(=O)[nH]1. The Bertz CT molecular complexity index is 1620. The lowest BCUT2D eigenvalue weighted by Crippen LogP contribution is -2.39. The van der Waals surface area contributed by atoms with Crippen LogP contribution in [0.2, 0.25) is 0 Å². The zero-order valence-electron chi connectivity index (χ0n) is 20.1. The summed E-state index contributed by atoms with van der Waals surface area (Å²) in [6.45, 7) is -1.56. The number of hydrogen-bond donors (Lipinski definition) is 8. The first kappa shape index (κ1) is 28.2. The van der Waals surface area contributed by atoms with Crippen molar-refractivity contribution in [2.75, 3.05) is 18.9 Å². The van der Waals surface area contributed by atoms with Crippen molar-refractivity contribution in [1.29, 1.82) is 0 Å². The van der Waals surface area contributed by atoms with Crippen LogP contribution in [0.1, 0.15) is 12.5 Å². The Balaban J connectivity index is 1.31. The van der Waals surface area contributed by atoms with Crippen LogP contribution in [-0.4, -0.2) is 104 Å². The second-order valence-corrected chi connectivity index (χ2v) is 10.3. The van der Waals surface area contributed by atoms with Gasteiger partial charge in [-0.25, -0.2) is 14.3 Å². The molecular weight excluding hydrogens is 565 g/mol. The molecule has 5 heterocycles. The predicted molar refractivity (Wildman–Crippen MR) is 127 cm³/mol. The maximum absolute atomic E-state index is 12.8. The van der Waals surface area contributed by atoms with E-state index in [1.165, 1.54) is 0 Å². The van der Waals surface area contributed by atoms with E-state index in [0.717, 1.165) is 27.7 Å². The minimum atomic E-state index is -5.10. The lowest BCUT2D eigenvalue weighted by atomic mass is 10.1. The Hall–Kier alpha value is -3.30. The van der Waals surface area contributed by atoms with Gasteiger partial charge in [-0.2, -0.15) is 4.98 Å². The van der Waals surface area contributed by atoms with E-state index in [2.05, 4.69) is 15.0 Å². The molecule has 0 saturated carbocycles. The number of nitrogens with one attached hydrogen (secondary N) is 2. The standard InChI is InChI=1S/C19H24N7O13P/c20-18-23-14-9(15(32)24-18)21-5-26(14)16-12(31)10(29)7(38-16)4-36-40(34,35)39-13-11(30)6(3-27)37-17(13)25-2-1-8(28)22-19(25)33/h1-2,5-7,10-13,16-17,27,29-31H,3-4H2,(H,34,35)(H,22,28,33)(H3,20,23,24,32). The topological polar surface area (TPSA) is 300 Å². The lowest BCUT2D eigenvalue weighted by molar-refractivity contribution is -0.0635. The van der Waals surface area contributed by atoms with Crippen molar-refractivity contribution in [3.8, 4) is 0 Å². The number of aromatic amines is 2. The molecule has 5 rings (SSSR count). The molecule has 0 spiro atoms. The quantitative estimate of drug-likeness (QED) is 0.115. The lowest BCUT2D eigenvalue weighted by Gasteiger charge is -2.25. The summed E-state index contributed by atoms with van der Waals surface area (Å²) >= 11 is 0. The monoisotopic (exact) mass is 589 g/mol. The van der Waals surface area contributed by atoms with Crippen molar-refractivity contribution in [1.82, 2.24) is 29.1 Å². The largest absolute Gasteiger partial charge is 0.472 e. The van der Waals surface area contributed by atoms with Gasteiger partial charge in [-0.05, 0) is 0 Å². The van der Waals surface area contributed by atoms with Gasteiger partial charge < -0.3 is 40.5 Å². The smallest absolute Gasteiger partial charge is 0.394 e. The maximum atomic E-state index is 12.8. The van der Waals surface area contributed by atoms with Gasteiger partial charge >= 0.3 is 13.5 Å². The molecule has 9 unspecified atom stereocenters. The van der Waals surface area contributed by atoms with E-state index < -0.39 is 86.9 Å². The zero-order chi connectivity index (χ0) is 28.9. The van der Waals surface area contributed by atoms with Crippen LogP contribution in [0, 0.1) is 0 Å². The number of imidazole rings is 1. The average molecular weight is 589 g/mol. The van der Waals surface area contributed by atoms with Gasteiger partial charge in [0.05, 0.1) is 19.5 Å². The molecule has 218 valence electrons. The molecule has 3 aromatic heterocycles. The fraction of sp³-hybridized carbons (Fsp3) is 0.526. The fourth-order valence-electron chi connectivity index (χ4n) is 4.41. The molecule has 21 heteroatoms. The summed E-state index contributed by atoms with van der Waals surface area (Å²) in [5.74, 6) is -0.241. The Kier molecular flexibility index (Phi) is 7.48. The number of anilines is 1. The van der Waals surface area contributed by atoms with Gasteiger partial charge in [-0.1, -0.05) is 0 Å². The normalized spacial score (nSPS) is 32.0. The molecule has 2 saturated heterocycles. The molecule has 2 aliphatic heterocycles. The van der Waals surface area contributed by atoms with E-state index in [1.54, 1.807) is 0 Å². The number of aliphatic hydroxyl groups excluding tert-OH is 4. The van der Waals surface area contributed by atoms with Gasteiger partial charge in [0, 0.05) is 12.3 Å². The van der Waals surface area contributed by atoms with Crippen LogP contribution >= 0.6 is 7.82 Å². The Labute approximate surface area is 220 Å². The summed E-state index contributed by atoms with van der Waals surface area (Å²) in [4.78, 5) is 58.0. The number of hydrogen-bond acceptors (Lipinski definition) is 15. The second-order valence-electron chi connectivity index (χ2n) is 8.91. The average Bonchev–Trinajstić information content (AvgIpc) is 3.53. The molecule has 9 N–H and O–H groups in total. The third kappa shape index (κ3) is 5.12. The molecular formula is C19H24N7O13P. The highest BCUT2D eigenvalue weighted by atomic mass is 31.2. The number of ether oxygens (including phenoxy) is 2. The number of nitrogens with two attached hydrogens (primary N) is 1. The molecule has 20 nitrogen and oxygen atoms in total. The van der Waals surface area contributed by atoms with E-state index in [1.807, 2.05) is 4.98 Å². The van der Waals surface area contributed by atoms with Gasteiger partial charge in [0.1, 0.15) is 36.6 Å². The summed E-state index contributed by atoms with van der Waals surface area (Å²) < 4.78 is 35.7. The first-order chi connectivity index (χ1) is 18.9. The zero-order valence-corrected chi connectivity index (χ0v) is 21.0. The van der Waals surface area contributed by atoms with Gasteiger partial charge in [0.25, 0.3) is 11.1 Å². The molecule has 2 fully saturated rings. The number of rotatable bonds is 8. The van der Waals surface area contributed by atoms with Crippen molar-refractivity contribution in [2.45, 2.75) is 49.1 Å². The van der Waals surface area contributed by atoms with Crippen LogP contribution in [0.15, 0.2) is 33.0 Å². The van der Waals surface area contributed by atoms with Crippen LogP contribution in [0.5, 0.6) is 0 Å². The molecule has 0 bridgehead atoms. The van der Waals surface area contributed by atoms with Crippen molar-refractivity contribution in [3.63, 3.8) is 0 Å². The van der Waals surface area contributed by atoms with Gasteiger partial charge in [0.2, 0.25) is 5.95 Å². The van der Waals surface area contributed by atoms with Gasteiger partial charge in [-0.15, -0.1) is 0 Å². The fourth-order valence-corrected chi connectivity index (χ4v) is 5.34. The number of phosphoric acid groups is 1. The summed E-state index contributed by atoms with van der Waals surface area (Å²) in [6.07, 6.45) is -10.3. The molecule has 3 aromatic rings. The molecule has 0 aliphatic carbocycles. The molecule has 2 aliphatic rings. The van der Waals surface area contributed by atoms with Crippen LogP contribution in [0.25, 0.3) is 11.2 Å². The van der Waals surface area contributed by atoms with Crippen LogP contribution in [0.3, 0.4) is 0 Å². The minimum absolute atomic E-state index is 0.0626. The third-order valence-electron chi connectivity index (χ3n) is 6.34. The number of nitrogens with zero attached hydrogens (tertiary/aromatic N) is 4. The number of phosphoric ester groups is 1. The number of nitrogen functional groups attached to an aromatic ring is 1. The highest BCUT2D eigenvalue weighted by Gasteiger charge is 2.50. The Morgan fingerprint density at radius 2 is 1.77 bits per heavy atom. The summed E-state index contributed by atoms with van der Waals surface area (Å²) in [6, 6.07) is 0.958. The van der Waals surface area contributed by atoms with Crippen molar-refractivity contribution in [2.24, 2.45) is 0 Å². The van der Waals surface area contributed by atoms with Crippen molar-refractivity contribution in [3.05, 3.63) is 49.8 Å². The van der Waals surface area contributed by atoms with Gasteiger partial charge in [-0.3, -0.25) is 37.7 Å². The van der Waals surface area contributed by atoms with Crippen LogP contribution in [0.4, 0.5) is 5.95 Å². The number of fused-ring (bicyclic) bond motifs is 1. The summed E-state index contributed by atoms with van der Waals surface area (Å²) in [5, 5.41) is 41.0.